The monoisotopic (exact) mass is 272 g/mol. The van der Waals surface area contributed by atoms with Crippen LogP contribution in [-0.2, 0) is 23.8 Å². The van der Waals surface area contributed by atoms with Gasteiger partial charge < -0.3 is 14.2 Å². The van der Waals surface area contributed by atoms with Gasteiger partial charge in [-0.3, -0.25) is 9.59 Å². The van der Waals surface area contributed by atoms with Crippen LogP contribution in [0, 0.1) is 5.92 Å². The van der Waals surface area contributed by atoms with Crippen LogP contribution in [0.3, 0.4) is 0 Å². The Bertz CT molecular complexity index is 266. The summed E-state index contributed by atoms with van der Waals surface area (Å²) in [6, 6.07) is 0. The minimum atomic E-state index is -0.790. The fraction of sp³-hybridized carbons (Fsp3) is 0.857. The highest BCUT2D eigenvalue weighted by molar-refractivity contribution is 5.94. The van der Waals surface area contributed by atoms with Crippen molar-refractivity contribution in [3.63, 3.8) is 0 Å². The standard InChI is InChI=1S/C14H24O5/c1-3-17-13(15)12(14(16)18-4-2)9-5-7-11-8-6-10-19-11/h11-12H,3-10H2,1-2H3. The van der Waals surface area contributed by atoms with Crippen molar-refractivity contribution in [1.29, 1.82) is 0 Å². The van der Waals surface area contributed by atoms with Crippen LogP contribution >= 0.6 is 0 Å². The third-order valence-corrected chi connectivity index (χ3v) is 3.19. The Morgan fingerprint density at radius 3 is 2.32 bits per heavy atom. The Balaban J connectivity index is 2.38. The number of ether oxygens (including phenoxy) is 3. The summed E-state index contributed by atoms with van der Waals surface area (Å²) in [5, 5.41) is 0. The molecule has 1 aliphatic heterocycles. The van der Waals surface area contributed by atoms with E-state index in [0.717, 1.165) is 32.3 Å². The van der Waals surface area contributed by atoms with Gasteiger partial charge in [-0.1, -0.05) is 0 Å². The van der Waals surface area contributed by atoms with Gasteiger partial charge in [0.2, 0.25) is 0 Å². The molecule has 1 aliphatic rings. The molecule has 0 aromatic carbocycles. The highest BCUT2D eigenvalue weighted by Gasteiger charge is 2.29. The van der Waals surface area contributed by atoms with Gasteiger partial charge in [-0.25, -0.2) is 0 Å². The van der Waals surface area contributed by atoms with Gasteiger partial charge in [-0.05, 0) is 46.0 Å². The molecule has 0 aromatic heterocycles. The first-order valence-corrected chi connectivity index (χ1v) is 7.13. The number of carbonyl (C=O) groups is 2. The minimum Gasteiger partial charge on any atom is -0.465 e. The smallest absolute Gasteiger partial charge is 0.320 e. The van der Waals surface area contributed by atoms with Crippen LogP contribution in [0.2, 0.25) is 0 Å². The van der Waals surface area contributed by atoms with E-state index in [4.69, 9.17) is 14.2 Å². The van der Waals surface area contributed by atoms with Gasteiger partial charge in [0.05, 0.1) is 19.3 Å². The molecule has 1 atom stereocenters. The molecule has 1 saturated heterocycles. The van der Waals surface area contributed by atoms with Gasteiger partial charge in [-0.15, -0.1) is 0 Å². The first-order chi connectivity index (χ1) is 9.19. The molecule has 0 N–H and O–H groups in total. The summed E-state index contributed by atoms with van der Waals surface area (Å²) in [6.45, 7) is 4.84. The molecule has 1 rings (SSSR count). The van der Waals surface area contributed by atoms with Gasteiger partial charge in [0.15, 0.2) is 5.92 Å². The van der Waals surface area contributed by atoms with E-state index in [-0.39, 0.29) is 19.3 Å². The quantitative estimate of drug-likeness (QED) is 0.500. The zero-order valence-electron chi connectivity index (χ0n) is 11.9. The molecule has 1 heterocycles. The molecule has 19 heavy (non-hydrogen) atoms. The van der Waals surface area contributed by atoms with Crippen molar-refractivity contribution in [2.75, 3.05) is 19.8 Å². The van der Waals surface area contributed by atoms with E-state index < -0.39 is 17.9 Å². The fourth-order valence-corrected chi connectivity index (χ4v) is 2.24. The van der Waals surface area contributed by atoms with Crippen molar-refractivity contribution in [1.82, 2.24) is 0 Å². The van der Waals surface area contributed by atoms with E-state index in [0.29, 0.717) is 6.42 Å². The lowest BCUT2D eigenvalue weighted by Gasteiger charge is -2.15. The Morgan fingerprint density at radius 1 is 1.21 bits per heavy atom. The van der Waals surface area contributed by atoms with Crippen LogP contribution in [-0.4, -0.2) is 37.9 Å². The molecular weight excluding hydrogens is 248 g/mol. The molecule has 0 amide bonds. The van der Waals surface area contributed by atoms with Gasteiger partial charge in [0.1, 0.15) is 0 Å². The summed E-state index contributed by atoms with van der Waals surface area (Å²) in [5.74, 6) is -1.75. The normalized spacial score (nSPS) is 18.6. The predicted octanol–water partition coefficient (Wildman–Crippen LogP) is 2.08. The number of hydrogen-bond acceptors (Lipinski definition) is 5. The molecule has 0 saturated carbocycles. The average Bonchev–Trinajstić information content (AvgIpc) is 2.88. The fourth-order valence-electron chi connectivity index (χ4n) is 2.24. The molecule has 0 spiro atoms. The first kappa shape index (κ1) is 16.0. The topological polar surface area (TPSA) is 61.8 Å². The van der Waals surface area contributed by atoms with Crippen LogP contribution in [0.1, 0.15) is 46.0 Å². The third kappa shape index (κ3) is 5.59. The summed E-state index contributed by atoms with van der Waals surface area (Å²) in [6.07, 6.45) is 4.58. The maximum atomic E-state index is 11.7. The van der Waals surface area contributed by atoms with E-state index in [1.54, 1.807) is 13.8 Å². The van der Waals surface area contributed by atoms with Gasteiger partial charge in [0.25, 0.3) is 0 Å². The van der Waals surface area contributed by atoms with Crippen LogP contribution < -0.4 is 0 Å². The second-order valence-corrected chi connectivity index (χ2v) is 4.62. The van der Waals surface area contributed by atoms with Crippen LogP contribution in [0.4, 0.5) is 0 Å². The summed E-state index contributed by atoms with van der Waals surface area (Å²) < 4.78 is 15.4. The van der Waals surface area contributed by atoms with Crippen LogP contribution in [0.5, 0.6) is 0 Å². The molecular formula is C14H24O5. The molecule has 0 aromatic rings. The van der Waals surface area contributed by atoms with Gasteiger partial charge in [0, 0.05) is 6.61 Å². The lowest BCUT2D eigenvalue weighted by Crippen LogP contribution is -2.28. The molecule has 0 bridgehead atoms. The van der Waals surface area contributed by atoms with Gasteiger partial charge in [-0.2, -0.15) is 0 Å². The van der Waals surface area contributed by atoms with Crippen molar-refractivity contribution in [3.8, 4) is 0 Å². The first-order valence-electron chi connectivity index (χ1n) is 7.13. The van der Waals surface area contributed by atoms with E-state index in [2.05, 4.69) is 0 Å². The minimum absolute atomic E-state index is 0.278. The molecule has 1 unspecified atom stereocenters. The highest BCUT2D eigenvalue weighted by atomic mass is 16.6. The Kier molecular flexibility index (Phi) is 7.48. The third-order valence-electron chi connectivity index (χ3n) is 3.19. The molecule has 0 aliphatic carbocycles. The lowest BCUT2D eigenvalue weighted by molar-refractivity contribution is -0.162. The Labute approximate surface area is 114 Å². The van der Waals surface area contributed by atoms with E-state index >= 15 is 0 Å². The molecule has 5 heteroatoms. The maximum absolute atomic E-state index is 11.7. The van der Waals surface area contributed by atoms with Crippen LogP contribution in [0.15, 0.2) is 0 Å². The van der Waals surface area contributed by atoms with Crippen molar-refractivity contribution in [2.24, 2.45) is 5.92 Å². The zero-order chi connectivity index (χ0) is 14.1. The summed E-state index contributed by atoms with van der Waals surface area (Å²) in [7, 11) is 0. The number of esters is 2. The number of rotatable bonds is 8. The van der Waals surface area contributed by atoms with Crippen molar-refractivity contribution >= 4 is 11.9 Å². The van der Waals surface area contributed by atoms with Crippen molar-refractivity contribution in [3.05, 3.63) is 0 Å². The lowest BCUT2D eigenvalue weighted by atomic mass is 10.00. The van der Waals surface area contributed by atoms with Crippen molar-refractivity contribution in [2.45, 2.75) is 52.1 Å². The predicted molar refractivity (Wildman–Crippen MR) is 69.6 cm³/mol. The number of hydrogen-bond donors (Lipinski definition) is 0. The Morgan fingerprint density at radius 2 is 1.84 bits per heavy atom. The molecule has 110 valence electrons. The summed E-state index contributed by atoms with van der Waals surface area (Å²) >= 11 is 0. The second kappa shape index (κ2) is 8.91. The SMILES string of the molecule is CCOC(=O)C(CCCC1CCCO1)C(=O)OCC. The van der Waals surface area contributed by atoms with Crippen molar-refractivity contribution < 1.29 is 23.8 Å². The average molecular weight is 272 g/mol. The number of carbonyl (C=O) groups excluding carboxylic acids is 2. The summed E-state index contributed by atoms with van der Waals surface area (Å²) in [4.78, 5) is 23.5. The van der Waals surface area contributed by atoms with Crippen LogP contribution in [0.25, 0.3) is 0 Å². The van der Waals surface area contributed by atoms with E-state index in [9.17, 15) is 9.59 Å². The molecule has 5 nitrogen and oxygen atoms in total. The Hall–Kier alpha value is -1.10. The maximum Gasteiger partial charge on any atom is 0.320 e. The van der Waals surface area contributed by atoms with Gasteiger partial charge >= 0.3 is 11.9 Å². The molecule has 0 radical (unpaired) electrons. The highest BCUT2D eigenvalue weighted by Crippen LogP contribution is 2.20. The largest absolute Gasteiger partial charge is 0.465 e. The zero-order valence-corrected chi connectivity index (χ0v) is 11.9. The summed E-state index contributed by atoms with van der Waals surface area (Å²) in [5.41, 5.74) is 0. The van der Waals surface area contributed by atoms with E-state index in [1.807, 2.05) is 0 Å². The molecule has 1 fully saturated rings. The van der Waals surface area contributed by atoms with E-state index in [1.165, 1.54) is 0 Å². The second-order valence-electron chi connectivity index (χ2n) is 4.62.